The summed E-state index contributed by atoms with van der Waals surface area (Å²) in [6.07, 6.45) is 1.52. The molecule has 1 aromatic rings. The van der Waals surface area contributed by atoms with E-state index in [2.05, 4.69) is 4.98 Å². The molecule has 0 aliphatic carbocycles. The summed E-state index contributed by atoms with van der Waals surface area (Å²) < 4.78 is 0. The van der Waals surface area contributed by atoms with Crippen LogP contribution in [0.25, 0.3) is 0 Å². The average Bonchev–Trinajstić information content (AvgIpc) is 2.18. The molecule has 0 saturated heterocycles. The molecule has 76 valence electrons. The molecule has 0 saturated carbocycles. The molecule has 1 heterocycles. The summed E-state index contributed by atoms with van der Waals surface area (Å²) in [6, 6.07) is 3.25. The van der Waals surface area contributed by atoms with Gasteiger partial charge in [-0.15, -0.1) is 0 Å². The lowest BCUT2D eigenvalue weighted by Gasteiger charge is -2.15. The van der Waals surface area contributed by atoms with Crippen molar-refractivity contribution >= 4 is 17.5 Å². The molecule has 0 bridgehead atoms. The van der Waals surface area contributed by atoms with E-state index in [4.69, 9.17) is 16.7 Å². The van der Waals surface area contributed by atoms with Crippen LogP contribution in [0.15, 0.2) is 18.3 Å². The fraction of sp³-hybridized carbons (Fsp3) is 0.333. The van der Waals surface area contributed by atoms with Crippen molar-refractivity contribution in [3.8, 4) is 0 Å². The molecule has 0 aliphatic rings. The molecule has 0 aromatic carbocycles. The van der Waals surface area contributed by atoms with Crippen LogP contribution in [0.4, 0.5) is 0 Å². The smallest absolute Gasteiger partial charge is 0.256 e. The second kappa shape index (κ2) is 4.93. The third kappa shape index (κ3) is 2.43. The molecule has 0 unspecified atom stereocenters. The second-order valence-electron chi connectivity index (χ2n) is 2.79. The Kier molecular flexibility index (Phi) is 3.85. The number of hydrogen-bond donors (Lipinski definition) is 1. The Labute approximate surface area is 87.1 Å². The van der Waals surface area contributed by atoms with E-state index in [1.54, 1.807) is 19.2 Å². The Morgan fingerprint density at radius 3 is 3.00 bits per heavy atom. The molecule has 0 spiro atoms. The van der Waals surface area contributed by atoms with Gasteiger partial charge in [-0.2, -0.15) is 0 Å². The normalized spacial score (nSPS) is 9.93. The molecule has 0 aliphatic heterocycles. The highest BCUT2D eigenvalue weighted by Gasteiger charge is 2.14. The first-order valence-corrected chi connectivity index (χ1v) is 4.51. The lowest BCUT2D eigenvalue weighted by Crippen LogP contribution is -2.29. The summed E-state index contributed by atoms with van der Waals surface area (Å²) in [5, 5.41) is 8.84. The number of carbonyl (C=O) groups excluding carboxylic acids is 1. The van der Waals surface area contributed by atoms with Crippen LogP contribution in [0, 0.1) is 0 Å². The molecule has 1 N–H and O–H groups in total. The fourth-order valence-electron chi connectivity index (χ4n) is 1.00. The van der Waals surface area contributed by atoms with E-state index in [1.165, 1.54) is 11.1 Å². The number of nitrogens with zero attached hydrogens (tertiary/aromatic N) is 2. The van der Waals surface area contributed by atoms with Gasteiger partial charge in [-0.1, -0.05) is 11.6 Å². The maximum atomic E-state index is 11.6. The van der Waals surface area contributed by atoms with Crippen molar-refractivity contribution in [2.75, 3.05) is 20.2 Å². The summed E-state index contributed by atoms with van der Waals surface area (Å²) in [6.45, 7) is 0.212. The maximum Gasteiger partial charge on any atom is 0.256 e. The Morgan fingerprint density at radius 1 is 1.71 bits per heavy atom. The Balaban J connectivity index is 2.84. The summed E-state index contributed by atoms with van der Waals surface area (Å²) in [5.41, 5.74) is 0.352. The molecule has 1 amide bonds. The third-order valence-corrected chi connectivity index (χ3v) is 2.07. The van der Waals surface area contributed by atoms with Gasteiger partial charge in [0.15, 0.2) is 0 Å². The van der Waals surface area contributed by atoms with Crippen LogP contribution in [0.5, 0.6) is 0 Å². The largest absolute Gasteiger partial charge is 0.395 e. The molecule has 0 fully saturated rings. The number of aliphatic hydroxyl groups excluding tert-OH is 1. The molecular formula is C9H11ClN2O2. The zero-order valence-corrected chi connectivity index (χ0v) is 8.53. The number of halogens is 1. The van der Waals surface area contributed by atoms with E-state index in [9.17, 15) is 4.79 Å². The summed E-state index contributed by atoms with van der Waals surface area (Å²) in [7, 11) is 1.60. The van der Waals surface area contributed by atoms with Crippen molar-refractivity contribution in [1.82, 2.24) is 9.88 Å². The Bertz CT molecular complexity index is 330. The van der Waals surface area contributed by atoms with Crippen molar-refractivity contribution in [3.05, 3.63) is 29.0 Å². The minimum atomic E-state index is -0.239. The van der Waals surface area contributed by atoms with Gasteiger partial charge >= 0.3 is 0 Å². The topological polar surface area (TPSA) is 53.4 Å². The predicted molar refractivity (Wildman–Crippen MR) is 53.3 cm³/mol. The number of carbonyl (C=O) groups is 1. The lowest BCUT2D eigenvalue weighted by molar-refractivity contribution is 0.0766. The molecule has 5 heteroatoms. The lowest BCUT2D eigenvalue weighted by atomic mass is 10.2. The quantitative estimate of drug-likeness (QED) is 0.758. The van der Waals surface area contributed by atoms with E-state index in [0.29, 0.717) is 5.56 Å². The van der Waals surface area contributed by atoms with Gasteiger partial charge in [0, 0.05) is 19.8 Å². The zero-order valence-electron chi connectivity index (χ0n) is 7.77. The number of aliphatic hydroxyl groups is 1. The Hall–Kier alpha value is -1.13. The van der Waals surface area contributed by atoms with Gasteiger partial charge in [0.1, 0.15) is 5.15 Å². The molecule has 14 heavy (non-hydrogen) atoms. The van der Waals surface area contributed by atoms with Crippen molar-refractivity contribution in [2.45, 2.75) is 0 Å². The van der Waals surface area contributed by atoms with Crippen molar-refractivity contribution in [3.63, 3.8) is 0 Å². The van der Waals surface area contributed by atoms with Crippen LogP contribution < -0.4 is 0 Å². The summed E-state index contributed by atoms with van der Waals surface area (Å²) in [5.74, 6) is -0.239. The molecule has 1 aromatic heterocycles. The summed E-state index contributed by atoms with van der Waals surface area (Å²) in [4.78, 5) is 16.8. The minimum absolute atomic E-state index is 0.0693. The third-order valence-electron chi connectivity index (χ3n) is 1.77. The standard InChI is InChI=1S/C9H11ClN2O2/c1-12(5-6-13)9(14)7-3-2-4-11-8(7)10/h2-4,13H,5-6H2,1H3. The molecule has 1 rings (SSSR count). The zero-order chi connectivity index (χ0) is 10.6. The van der Waals surface area contributed by atoms with E-state index in [0.717, 1.165) is 0 Å². The number of hydrogen-bond acceptors (Lipinski definition) is 3. The minimum Gasteiger partial charge on any atom is -0.395 e. The number of pyridine rings is 1. The number of amides is 1. The van der Waals surface area contributed by atoms with Crippen LogP contribution in [-0.4, -0.2) is 41.1 Å². The van der Waals surface area contributed by atoms with Crippen LogP contribution in [-0.2, 0) is 0 Å². The molecular weight excluding hydrogens is 204 g/mol. The van der Waals surface area contributed by atoms with Gasteiger partial charge in [0.05, 0.1) is 12.2 Å². The highest BCUT2D eigenvalue weighted by atomic mass is 35.5. The van der Waals surface area contributed by atoms with Gasteiger partial charge in [-0.25, -0.2) is 4.98 Å². The highest BCUT2D eigenvalue weighted by Crippen LogP contribution is 2.13. The van der Waals surface area contributed by atoms with Gasteiger partial charge in [-0.05, 0) is 12.1 Å². The molecule has 0 radical (unpaired) electrons. The van der Waals surface area contributed by atoms with E-state index in [-0.39, 0.29) is 24.2 Å². The van der Waals surface area contributed by atoms with Crippen LogP contribution in [0.1, 0.15) is 10.4 Å². The predicted octanol–water partition coefficient (Wildman–Crippen LogP) is 0.799. The van der Waals surface area contributed by atoms with Crippen LogP contribution in [0.3, 0.4) is 0 Å². The first-order valence-electron chi connectivity index (χ1n) is 4.13. The van der Waals surface area contributed by atoms with Gasteiger partial charge in [-0.3, -0.25) is 4.79 Å². The van der Waals surface area contributed by atoms with Crippen LogP contribution >= 0.6 is 11.6 Å². The monoisotopic (exact) mass is 214 g/mol. The Morgan fingerprint density at radius 2 is 2.43 bits per heavy atom. The maximum absolute atomic E-state index is 11.6. The molecule has 0 atom stereocenters. The van der Waals surface area contributed by atoms with Gasteiger partial charge < -0.3 is 10.0 Å². The van der Waals surface area contributed by atoms with Crippen molar-refractivity contribution < 1.29 is 9.90 Å². The second-order valence-corrected chi connectivity index (χ2v) is 3.15. The SMILES string of the molecule is CN(CCO)C(=O)c1cccnc1Cl. The number of likely N-dealkylation sites (N-methyl/N-ethyl adjacent to an activating group) is 1. The molecule has 4 nitrogen and oxygen atoms in total. The highest BCUT2D eigenvalue weighted by molar-refractivity contribution is 6.32. The van der Waals surface area contributed by atoms with E-state index in [1.807, 2.05) is 0 Å². The number of aromatic nitrogens is 1. The first-order chi connectivity index (χ1) is 6.66. The first kappa shape index (κ1) is 10.9. The van der Waals surface area contributed by atoms with Gasteiger partial charge in [0.25, 0.3) is 5.91 Å². The average molecular weight is 215 g/mol. The van der Waals surface area contributed by atoms with Crippen molar-refractivity contribution in [2.24, 2.45) is 0 Å². The van der Waals surface area contributed by atoms with Crippen LogP contribution in [0.2, 0.25) is 5.15 Å². The fourth-order valence-corrected chi connectivity index (χ4v) is 1.20. The van der Waals surface area contributed by atoms with E-state index < -0.39 is 0 Å². The number of rotatable bonds is 3. The van der Waals surface area contributed by atoms with Gasteiger partial charge in [0.2, 0.25) is 0 Å². The van der Waals surface area contributed by atoms with E-state index >= 15 is 0 Å². The van der Waals surface area contributed by atoms with Crippen molar-refractivity contribution in [1.29, 1.82) is 0 Å². The summed E-state index contributed by atoms with van der Waals surface area (Å²) >= 11 is 5.74.